The highest BCUT2D eigenvalue weighted by Gasteiger charge is 2.27. The van der Waals surface area contributed by atoms with E-state index in [1.54, 1.807) is 0 Å². The molecule has 73 valence electrons. The van der Waals surface area contributed by atoms with Crippen LogP contribution in [0.5, 0.6) is 0 Å². The molecule has 12 heavy (non-hydrogen) atoms. The highest BCUT2D eigenvalue weighted by Crippen LogP contribution is 2.03. The van der Waals surface area contributed by atoms with Crippen molar-refractivity contribution in [2.75, 3.05) is 13.7 Å². The molecule has 4 atom stereocenters. The Morgan fingerprint density at radius 1 is 1.25 bits per heavy atom. The largest absolute Gasteiger partial charge is 0.395 e. The van der Waals surface area contributed by atoms with E-state index in [4.69, 9.17) is 15.3 Å². The van der Waals surface area contributed by atoms with Crippen LogP contribution in [0, 0.1) is 6.92 Å². The average molecular weight is 178 g/mol. The SMILES string of the molecule is [CH2]C(O)C(O)C(O)C(CO)NC. The van der Waals surface area contributed by atoms with E-state index in [2.05, 4.69) is 12.2 Å². The summed E-state index contributed by atoms with van der Waals surface area (Å²) in [5.41, 5.74) is 0. The van der Waals surface area contributed by atoms with E-state index < -0.39 is 24.4 Å². The number of hydrogen-bond donors (Lipinski definition) is 5. The maximum absolute atomic E-state index is 9.28. The molecule has 0 saturated carbocycles. The fraction of sp³-hybridized carbons (Fsp3) is 0.857. The molecule has 0 aromatic heterocycles. The number of rotatable bonds is 5. The van der Waals surface area contributed by atoms with E-state index >= 15 is 0 Å². The maximum Gasteiger partial charge on any atom is 0.107 e. The summed E-state index contributed by atoms with van der Waals surface area (Å²) in [6.45, 7) is 2.83. The van der Waals surface area contributed by atoms with Gasteiger partial charge in [-0.15, -0.1) is 0 Å². The second kappa shape index (κ2) is 5.45. The van der Waals surface area contributed by atoms with Gasteiger partial charge in [-0.25, -0.2) is 0 Å². The molecule has 0 rings (SSSR count). The van der Waals surface area contributed by atoms with Crippen LogP contribution >= 0.6 is 0 Å². The molecule has 0 aliphatic carbocycles. The van der Waals surface area contributed by atoms with Crippen molar-refractivity contribution in [3.63, 3.8) is 0 Å². The molecule has 0 bridgehead atoms. The lowest BCUT2D eigenvalue weighted by Crippen LogP contribution is -2.50. The van der Waals surface area contributed by atoms with E-state index in [-0.39, 0.29) is 6.61 Å². The zero-order valence-electron chi connectivity index (χ0n) is 7.01. The Bertz CT molecular complexity index is 114. The molecule has 0 aliphatic rings. The highest BCUT2D eigenvalue weighted by molar-refractivity contribution is 4.84. The van der Waals surface area contributed by atoms with Crippen molar-refractivity contribution in [2.45, 2.75) is 24.4 Å². The molecule has 0 aromatic rings. The van der Waals surface area contributed by atoms with Crippen LogP contribution < -0.4 is 5.32 Å². The predicted octanol–water partition coefficient (Wildman–Crippen LogP) is -2.52. The molecule has 5 heteroatoms. The van der Waals surface area contributed by atoms with Gasteiger partial charge < -0.3 is 25.7 Å². The lowest BCUT2D eigenvalue weighted by atomic mass is 10.0. The Morgan fingerprint density at radius 3 is 2.00 bits per heavy atom. The van der Waals surface area contributed by atoms with E-state index in [0.717, 1.165) is 0 Å². The molecule has 5 nitrogen and oxygen atoms in total. The molecule has 0 amide bonds. The molecule has 0 saturated heterocycles. The summed E-state index contributed by atoms with van der Waals surface area (Å²) in [5, 5.41) is 38.5. The number of likely N-dealkylation sites (N-methyl/N-ethyl adjacent to an activating group) is 1. The topological polar surface area (TPSA) is 93.0 Å². The van der Waals surface area contributed by atoms with Crippen LogP contribution in [0.15, 0.2) is 0 Å². The van der Waals surface area contributed by atoms with E-state index in [1.165, 1.54) is 7.05 Å². The van der Waals surface area contributed by atoms with Crippen molar-refractivity contribution in [1.29, 1.82) is 0 Å². The van der Waals surface area contributed by atoms with Gasteiger partial charge in [0.15, 0.2) is 0 Å². The molecule has 0 heterocycles. The Labute approximate surface area is 71.7 Å². The first-order valence-corrected chi connectivity index (χ1v) is 3.70. The fourth-order valence-electron chi connectivity index (χ4n) is 0.836. The van der Waals surface area contributed by atoms with Crippen molar-refractivity contribution >= 4 is 0 Å². The quantitative estimate of drug-likeness (QED) is 0.320. The summed E-state index contributed by atoms with van der Waals surface area (Å²) in [5.74, 6) is 0. The van der Waals surface area contributed by atoms with Gasteiger partial charge in [0.2, 0.25) is 0 Å². The van der Waals surface area contributed by atoms with E-state index in [9.17, 15) is 5.11 Å². The van der Waals surface area contributed by atoms with Crippen LogP contribution in [0.3, 0.4) is 0 Å². The van der Waals surface area contributed by atoms with Gasteiger partial charge >= 0.3 is 0 Å². The van der Waals surface area contributed by atoms with Crippen molar-refractivity contribution < 1.29 is 20.4 Å². The van der Waals surface area contributed by atoms with Gasteiger partial charge in [0.25, 0.3) is 0 Å². The minimum atomic E-state index is -1.35. The standard InChI is InChI=1S/C7H16NO4/c1-4(10)6(11)7(12)5(3-9)8-2/h4-12H,1,3H2,2H3. The van der Waals surface area contributed by atoms with Crippen LogP contribution in [0.2, 0.25) is 0 Å². The maximum atomic E-state index is 9.28. The van der Waals surface area contributed by atoms with Crippen LogP contribution in [0.25, 0.3) is 0 Å². The zero-order valence-corrected chi connectivity index (χ0v) is 7.01. The molecule has 0 spiro atoms. The summed E-state index contributed by atoms with van der Waals surface area (Å²) in [6.07, 6.45) is -3.84. The van der Waals surface area contributed by atoms with Gasteiger partial charge in [-0.1, -0.05) is 0 Å². The van der Waals surface area contributed by atoms with Crippen molar-refractivity contribution in [1.82, 2.24) is 5.32 Å². The fourth-order valence-corrected chi connectivity index (χ4v) is 0.836. The van der Waals surface area contributed by atoms with Crippen molar-refractivity contribution in [3.05, 3.63) is 6.92 Å². The van der Waals surface area contributed by atoms with Gasteiger partial charge in [-0.3, -0.25) is 0 Å². The number of hydrogen-bond acceptors (Lipinski definition) is 5. The normalized spacial score (nSPS) is 21.5. The lowest BCUT2D eigenvalue weighted by molar-refractivity contribution is -0.0627. The summed E-state index contributed by atoms with van der Waals surface area (Å²) in [6, 6.07) is -0.656. The molecule has 0 aromatic carbocycles. The summed E-state index contributed by atoms with van der Waals surface area (Å²) in [4.78, 5) is 0. The molecule has 4 unspecified atom stereocenters. The van der Waals surface area contributed by atoms with Crippen LogP contribution in [-0.4, -0.2) is 58.4 Å². The predicted molar refractivity (Wildman–Crippen MR) is 43.3 cm³/mol. The second-order valence-electron chi connectivity index (χ2n) is 2.63. The van der Waals surface area contributed by atoms with Gasteiger partial charge in [-0.05, 0) is 14.0 Å². The average Bonchev–Trinajstić information content (AvgIpc) is 2.05. The summed E-state index contributed by atoms with van der Waals surface area (Å²) >= 11 is 0. The minimum absolute atomic E-state index is 0.318. The third kappa shape index (κ3) is 3.04. The monoisotopic (exact) mass is 178 g/mol. The van der Waals surface area contributed by atoms with E-state index in [1.807, 2.05) is 0 Å². The second-order valence-corrected chi connectivity index (χ2v) is 2.63. The summed E-state index contributed by atoms with van der Waals surface area (Å²) < 4.78 is 0. The third-order valence-electron chi connectivity index (χ3n) is 1.72. The van der Waals surface area contributed by atoms with Gasteiger partial charge in [-0.2, -0.15) is 0 Å². The molecular weight excluding hydrogens is 162 g/mol. The number of aliphatic hydroxyl groups excluding tert-OH is 4. The van der Waals surface area contributed by atoms with Crippen LogP contribution in [-0.2, 0) is 0 Å². The van der Waals surface area contributed by atoms with Crippen LogP contribution in [0.1, 0.15) is 0 Å². The van der Waals surface area contributed by atoms with Crippen molar-refractivity contribution in [2.24, 2.45) is 0 Å². The number of nitrogens with one attached hydrogen (secondary N) is 1. The van der Waals surface area contributed by atoms with Gasteiger partial charge in [0.05, 0.1) is 24.9 Å². The molecular formula is C7H16NO4. The Balaban J connectivity index is 4.05. The first-order valence-electron chi connectivity index (χ1n) is 3.70. The smallest absolute Gasteiger partial charge is 0.107 e. The van der Waals surface area contributed by atoms with Gasteiger partial charge in [0, 0.05) is 0 Å². The first kappa shape index (κ1) is 11.8. The Morgan fingerprint density at radius 2 is 1.75 bits per heavy atom. The van der Waals surface area contributed by atoms with E-state index in [0.29, 0.717) is 0 Å². The lowest BCUT2D eigenvalue weighted by Gasteiger charge is -2.26. The Kier molecular flexibility index (Phi) is 5.36. The zero-order chi connectivity index (χ0) is 9.72. The van der Waals surface area contributed by atoms with Crippen molar-refractivity contribution in [3.8, 4) is 0 Å². The van der Waals surface area contributed by atoms with Gasteiger partial charge in [0.1, 0.15) is 6.10 Å². The third-order valence-corrected chi connectivity index (χ3v) is 1.72. The molecule has 0 aliphatic heterocycles. The highest BCUT2D eigenvalue weighted by atomic mass is 16.4. The molecule has 0 fully saturated rings. The first-order chi connectivity index (χ1) is 5.54. The summed E-state index contributed by atoms with van der Waals surface area (Å²) in [7, 11) is 1.53. The molecule has 1 radical (unpaired) electrons. The van der Waals surface area contributed by atoms with Crippen LogP contribution in [0.4, 0.5) is 0 Å². The Hall–Kier alpha value is -0.200. The minimum Gasteiger partial charge on any atom is -0.395 e. The molecule has 5 N–H and O–H groups in total. The number of aliphatic hydroxyl groups is 4.